The van der Waals surface area contributed by atoms with Crippen LogP contribution in [0.4, 0.5) is 4.39 Å². The molecule has 9 heteroatoms. The average Bonchev–Trinajstić information content (AvgIpc) is 2.67. The SMILES string of the molecule is NC(=O)CC[C@H](N)C(=O)N1C[C@@H](F)C[C@@H]1B(O)O. The first-order chi connectivity index (χ1) is 8.32. The van der Waals surface area contributed by atoms with Gasteiger partial charge in [0.15, 0.2) is 0 Å². The molecule has 0 bridgehead atoms. The Balaban J connectivity index is 2.61. The standard InChI is InChI=1S/C9H17BFN3O4/c11-5-3-7(10(17)18)14(4-5)9(16)6(12)1-2-8(13)15/h5-7,17-18H,1-4,12H2,(H2,13,15)/t5-,6-,7+/m0/s1. The summed E-state index contributed by atoms with van der Waals surface area (Å²) in [5, 5.41) is 18.1. The van der Waals surface area contributed by atoms with Gasteiger partial charge in [0.25, 0.3) is 0 Å². The van der Waals surface area contributed by atoms with Gasteiger partial charge in [-0.05, 0) is 12.8 Å². The van der Waals surface area contributed by atoms with Gasteiger partial charge in [0.1, 0.15) is 6.17 Å². The molecule has 1 heterocycles. The predicted octanol–water partition coefficient (Wildman–Crippen LogP) is -2.47. The number of likely N-dealkylation sites (tertiary alicyclic amines) is 1. The molecular formula is C9H17BFN3O4. The van der Waals surface area contributed by atoms with Crippen LogP contribution < -0.4 is 11.5 Å². The highest BCUT2D eigenvalue weighted by molar-refractivity contribution is 6.43. The molecule has 1 fully saturated rings. The largest absolute Gasteiger partial charge is 0.475 e. The molecule has 1 saturated heterocycles. The second-order valence-electron chi connectivity index (χ2n) is 4.42. The van der Waals surface area contributed by atoms with Crippen LogP contribution in [0.25, 0.3) is 0 Å². The molecule has 1 aliphatic heterocycles. The summed E-state index contributed by atoms with van der Waals surface area (Å²) in [6.07, 6.45) is -1.43. The van der Waals surface area contributed by atoms with Gasteiger partial charge in [-0.25, -0.2) is 4.39 Å². The van der Waals surface area contributed by atoms with Crippen molar-refractivity contribution in [3.63, 3.8) is 0 Å². The molecule has 3 atom stereocenters. The van der Waals surface area contributed by atoms with Crippen LogP contribution in [0.2, 0.25) is 0 Å². The zero-order valence-electron chi connectivity index (χ0n) is 9.83. The quantitative estimate of drug-likeness (QED) is 0.407. The van der Waals surface area contributed by atoms with Gasteiger partial charge in [0.05, 0.1) is 18.5 Å². The van der Waals surface area contributed by atoms with E-state index in [1.165, 1.54) is 0 Å². The third kappa shape index (κ3) is 3.65. The maximum Gasteiger partial charge on any atom is 0.475 e. The smallest absolute Gasteiger partial charge is 0.426 e. The van der Waals surface area contributed by atoms with Crippen LogP contribution in [-0.2, 0) is 9.59 Å². The molecule has 2 amide bonds. The second-order valence-corrected chi connectivity index (χ2v) is 4.42. The lowest BCUT2D eigenvalue weighted by Gasteiger charge is -2.26. The van der Waals surface area contributed by atoms with E-state index in [4.69, 9.17) is 21.5 Å². The normalized spacial score (nSPS) is 25.0. The minimum Gasteiger partial charge on any atom is -0.426 e. The Bertz CT molecular complexity index is 331. The lowest BCUT2D eigenvalue weighted by molar-refractivity contribution is -0.133. The molecule has 18 heavy (non-hydrogen) atoms. The van der Waals surface area contributed by atoms with Crippen LogP contribution in [0, 0.1) is 0 Å². The minimum absolute atomic E-state index is 0.0495. The first-order valence-corrected chi connectivity index (χ1v) is 5.67. The van der Waals surface area contributed by atoms with Crippen molar-refractivity contribution in [2.24, 2.45) is 11.5 Å². The minimum atomic E-state index is -1.81. The van der Waals surface area contributed by atoms with Gasteiger partial charge in [-0.3, -0.25) is 9.59 Å². The molecule has 0 aliphatic carbocycles. The van der Waals surface area contributed by atoms with Crippen LogP contribution in [0.3, 0.4) is 0 Å². The van der Waals surface area contributed by atoms with Crippen LogP contribution in [0.5, 0.6) is 0 Å². The molecular weight excluding hydrogens is 244 g/mol. The molecule has 0 radical (unpaired) electrons. The van der Waals surface area contributed by atoms with Crippen molar-refractivity contribution in [2.45, 2.75) is 37.4 Å². The number of nitrogens with zero attached hydrogens (tertiary/aromatic N) is 1. The molecule has 0 spiro atoms. The number of rotatable bonds is 5. The fourth-order valence-electron chi connectivity index (χ4n) is 1.98. The lowest BCUT2D eigenvalue weighted by Crippen LogP contribution is -2.51. The van der Waals surface area contributed by atoms with Gasteiger partial charge >= 0.3 is 7.12 Å². The molecule has 0 aromatic heterocycles. The Hall–Kier alpha value is -1.19. The van der Waals surface area contributed by atoms with E-state index in [1.54, 1.807) is 0 Å². The van der Waals surface area contributed by atoms with Crippen LogP contribution in [0.1, 0.15) is 19.3 Å². The van der Waals surface area contributed by atoms with Gasteiger partial charge in [-0.2, -0.15) is 0 Å². The Morgan fingerprint density at radius 3 is 2.61 bits per heavy atom. The maximum absolute atomic E-state index is 13.2. The molecule has 6 N–H and O–H groups in total. The maximum atomic E-state index is 13.2. The van der Waals surface area contributed by atoms with E-state index in [0.717, 1.165) is 4.90 Å². The van der Waals surface area contributed by atoms with Crippen molar-refractivity contribution in [3.8, 4) is 0 Å². The summed E-state index contributed by atoms with van der Waals surface area (Å²) in [4.78, 5) is 23.5. The van der Waals surface area contributed by atoms with Crippen molar-refractivity contribution in [2.75, 3.05) is 6.54 Å². The van der Waals surface area contributed by atoms with E-state index in [9.17, 15) is 14.0 Å². The highest BCUT2D eigenvalue weighted by atomic mass is 19.1. The van der Waals surface area contributed by atoms with Gasteiger partial charge in [0, 0.05) is 6.42 Å². The Morgan fingerprint density at radius 1 is 1.50 bits per heavy atom. The van der Waals surface area contributed by atoms with Crippen molar-refractivity contribution in [3.05, 3.63) is 0 Å². The number of amides is 2. The van der Waals surface area contributed by atoms with E-state index >= 15 is 0 Å². The van der Waals surface area contributed by atoms with Crippen molar-refractivity contribution < 1.29 is 24.0 Å². The molecule has 0 aromatic carbocycles. The number of halogens is 1. The summed E-state index contributed by atoms with van der Waals surface area (Å²) in [6, 6.07) is -0.996. The third-order valence-corrected chi connectivity index (χ3v) is 2.94. The number of hydrogen-bond acceptors (Lipinski definition) is 5. The fraction of sp³-hybridized carbons (Fsp3) is 0.778. The summed E-state index contributed by atoms with van der Waals surface area (Å²) in [7, 11) is -1.81. The summed E-state index contributed by atoms with van der Waals surface area (Å²) < 4.78 is 13.2. The van der Waals surface area contributed by atoms with Gasteiger partial charge in [0.2, 0.25) is 11.8 Å². The first-order valence-electron chi connectivity index (χ1n) is 5.67. The Labute approximate surface area is 104 Å². The summed E-state index contributed by atoms with van der Waals surface area (Å²) in [5.74, 6) is -2.18. The number of primary amides is 1. The van der Waals surface area contributed by atoms with Gasteiger partial charge < -0.3 is 26.4 Å². The Morgan fingerprint density at radius 2 is 2.11 bits per heavy atom. The zero-order chi connectivity index (χ0) is 13.9. The molecule has 0 unspecified atom stereocenters. The molecule has 0 saturated carbocycles. The number of alkyl halides is 1. The molecule has 1 rings (SSSR count). The predicted molar refractivity (Wildman–Crippen MR) is 61.6 cm³/mol. The highest BCUT2D eigenvalue weighted by Gasteiger charge is 2.43. The van der Waals surface area contributed by atoms with Crippen LogP contribution in [0.15, 0.2) is 0 Å². The Kier molecular flexibility index (Phi) is 5.06. The lowest BCUT2D eigenvalue weighted by atomic mass is 9.77. The summed E-state index contributed by atoms with van der Waals surface area (Å²) >= 11 is 0. The van der Waals surface area contributed by atoms with Crippen molar-refractivity contribution in [1.82, 2.24) is 4.90 Å². The molecule has 7 nitrogen and oxygen atoms in total. The van der Waals surface area contributed by atoms with E-state index < -0.39 is 37.1 Å². The summed E-state index contributed by atoms with van der Waals surface area (Å²) in [6.45, 7) is -0.217. The van der Waals surface area contributed by atoms with E-state index in [0.29, 0.717) is 0 Å². The second kappa shape index (κ2) is 6.12. The van der Waals surface area contributed by atoms with Gasteiger partial charge in [-0.15, -0.1) is 0 Å². The number of nitrogens with two attached hydrogens (primary N) is 2. The summed E-state index contributed by atoms with van der Waals surface area (Å²) in [5.41, 5.74) is 10.5. The van der Waals surface area contributed by atoms with E-state index in [1.807, 2.05) is 0 Å². The van der Waals surface area contributed by atoms with Crippen LogP contribution in [-0.4, -0.2) is 58.6 Å². The van der Waals surface area contributed by atoms with Crippen molar-refractivity contribution >= 4 is 18.9 Å². The van der Waals surface area contributed by atoms with Crippen LogP contribution >= 0.6 is 0 Å². The first kappa shape index (κ1) is 14.9. The topological polar surface area (TPSA) is 130 Å². The highest BCUT2D eigenvalue weighted by Crippen LogP contribution is 2.22. The third-order valence-electron chi connectivity index (χ3n) is 2.94. The molecule has 0 aromatic rings. The van der Waals surface area contributed by atoms with E-state index in [-0.39, 0.29) is 25.8 Å². The molecule has 1 aliphatic rings. The molecule has 102 valence electrons. The zero-order valence-corrected chi connectivity index (χ0v) is 9.83. The van der Waals surface area contributed by atoms with Gasteiger partial charge in [-0.1, -0.05) is 0 Å². The van der Waals surface area contributed by atoms with Crippen molar-refractivity contribution in [1.29, 1.82) is 0 Å². The van der Waals surface area contributed by atoms with E-state index in [2.05, 4.69) is 0 Å². The average molecular weight is 261 g/mol. The number of carbonyl (C=O) groups excluding carboxylic acids is 2. The fourth-order valence-corrected chi connectivity index (χ4v) is 1.98. The number of carbonyl (C=O) groups is 2. The number of hydrogen-bond donors (Lipinski definition) is 4. The monoisotopic (exact) mass is 261 g/mol.